The van der Waals surface area contributed by atoms with Crippen molar-refractivity contribution in [2.45, 2.75) is 33.9 Å². The van der Waals surface area contributed by atoms with Gasteiger partial charge in [0.05, 0.1) is 22.1 Å². The number of hydrogen-bond acceptors (Lipinski definition) is 4. The number of rotatable bonds is 5. The average Bonchev–Trinajstić information content (AvgIpc) is 2.89. The van der Waals surface area contributed by atoms with Crippen molar-refractivity contribution in [2.24, 2.45) is 0 Å². The van der Waals surface area contributed by atoms with Crippen molar-refractivity contribution in [2.75, 3.05) is 6.54 Å². The summed E-state index contributed by atoms with van der Waals surface area (Å²) >= 11 is 6.10. The van der Waals surface area contributed by atoms with E-state index in [4.69, 9.17) is 16.1 Å². The van der Waals surface area contributed by atoms with Gasteiger partial charge in [0.2, 0.25) is 0 Å². The van der Waals surface area contributed by atoms with E-state index in [0.717, 1.165) is 35.9 Å². The highest BCUT2D eigenvalue weighted by Crippen LogP contribution is 2.19. The summed E-state index contributed by atoms with van der Waals surface area (Å²) in [6, 6.07) is 1.94. The summed E-state index contributed by atoms with van der Waals surface area (Å²) in [7, 11) is 0. The van der Waals surface area contributed by atoms with Crippen molar-refractivity contribution in [3.05, 3.63) is 33.9 Å². The number of halogens is 1. The lowest BCUT2D eigenvalue weighted by Crippen LogP contribution is -2.11. The van der Waals surface area contributed by atoms with E-state index in [9.17, 15) is 0 Å². The molecule has 0 amide bonds. The van der Waals surface area contributed by atoms with Crippen molar-refractivity contribution >= 4 is 11.6 Å². The van der Waals surface area contributed by atoms with Crippen molar-refractivity contribution < 1.29 is 4.52 Å². The molecule has 0 fully saturated rings. The lowest BCUT2D eigenvalue weighted by atomic mass is 10.3. The molecule has 0 radical (unpaired) electrons. The fourth-order valence-electron chi connectivity index (χ4n) is 1.74. The van der Waals surface area contributed by atoms with Gasteiger partial charge < -0.3 is 9.84 Å². The molecule has 0 aliphatic heterocycles. The number of aryl methyl sites for hydroxylation is 1. The molecular formula is C12H17ClN4O. The van der Waals surface area contributed by atoms with Crippen molar-refractivity contribution in [3.8, 4) is 0 Å². The summed E-state index contributed by atoms with van der Waals surface area (Å²) in [6.45, 7) is 8.07. The second-order valence-corrected chi connectivity index (χ2v) is 4.59. The van der Waals surface area contributed by atoms with Gasteiger partial charge in [0, 0.05) is 12.6 Å². The Balaban J connectivity index is 2.09. The Morgan fingerprint density at radius 2 is 2.22 bits per heavy atom. The van der Waals surface area contributed by atoms with Crippen LogP contribution in [0, 0.1) is 13.8 Å². The summed E-state index contributed by atoms with van der Waals surface area (Å²) in [5.74, 6) is 0.783. The van der Waals surface area contributed by atoms with Gasteiger partial charge in [-0.2, -0.15) is 5.10 Å². The van der Waals surface area contributed by atoms with Crippen LogP contribution in [0.3, 0.4) is 0 Å². The fraction of sp³-hybridized carbons (Fsp3) is 0.500. The molecule has 2 aromatic rings. The minimum absolute atomic E-state index is 0.554. The molecule has 5 nitrogen and oxygen atoms in total. The van der Waals surface area contributed by atoms with Crippen LogP contribution in [0.25, 0.3) is 0 Å². The van der Waals surface area contributed by atoms with E-state index in [1.165, 1.54) is 0 Å². The zero-order chi connectivity index (χ0) is 13.1. The summed E-state index contributed by atoms with van der Waals surface area (Å²) in [5.41, 5.74) is 2.68. The SMILES string of the molecule is CCNCc1cc(Cn2nc(C)c(Cl)c2C)on1. The smallest absolute Gasteiger partial charge is 0.158 e. The topological polar surface area (TPSA) is 55.9 Å². The summed E-state index contributed by atoms with van der Waals surface area (Å²) in [6.07, 6.45) is 0. The van der Waals surface area contributed by atoms with Gasteiger partial charge in [-0.25, -0.2) is 0 Å². The van der Waals surface area contributed by atoms with Gasteiger partial charge in [0.1, 0.15) is 6.54 Å². The third kappa shape index (κ3) is 2.73. The zero-order valence-corrected chi connectivity index (χ0v) is 11.6. The lowest BCUT2D eigenvalue weighted by Gasteiger charge is -1.99. The Hall–Kier alpha value is -1.33. The molecular weight excluding hydrogens is 252 g/mol. The monoisotopic (exact) mass is 268 g/mol. The van der Waals surface area contributed by atoms with Crippen molar-refractivity contribution in [1.29, 1.82) is 0 Å². The van der Waals surface area contributed by atoms with Gasteiger partial charge >= 0.3 is 0 Å². The normalized spacial score (nSPS) is 11.1. The average molecular weight is 269 g/mol. The van der Waals surface area contributed by atoms with Gasteiger partial charge in [-0.1, -0.05) is 23.7 Å². The van der Waals surface area contributed by atoms with Gasteiger partial charge in [0.15, 0.2) is 5.76 Å². The highest BCUT2D eigenvalue weighted by Gasteiger charge is 2.11. The third-order valence-corrected chi connectivity index (χ3v) is 3.31. The maximum Gasteiger partial charge on any atom is 0.158 e. The minimum Gasteiger partial charge on any atom is -0.359 e. The van der Waals surface area contributed by atoms with E-state index in [1.54, 1.807) is 0 Å². The minimum atomic E-state index is 0.554. The maximum atomic E-state index is 6.10. The molecule has 1 N–H and O–H groups in total. The van der Waals surface area contributed by atoms with Crippen LogP contribution in [0.2, 0.25) is 5.02 Å². The molecule has 0 unspecified atom stereocenters. The van der Waals surface area contributed by atoms with Crippen molar-refractivity contribution in [3.63, 3.8) is 0 Å². The fourth-order valence-corrected chi connectivity index (χ4v) is 1.88. The van der Waals surface area contributed by atoms with Crippen LogP contribution in [0.4, 0.5) is 0 Å². The van der Waals surface area contributed by atoms with Crippen molar-refractivity contribution in [1.82, 2.24) is 20.3 Å². The Labute approximate surface area is 111 Å². The predicted octanol–water partition coefficient (Wildman–Crippen LogP) is 2.30. The number of nitrogens with one attached hydrogen (secondary N) is 1. The number of hydrogen-bond donors (Lipinski definition) is 1. The molecule has 0 spiro atoms. The molecule has 98 valence electrons. The van der Waals surface area contributed by atoms with E-state index < -0.39 is 0 Å². The Morgan fingerprint density at radius 1 is 1.44 bits per heavy atom. The van der Waals surface area contributed by atoms with Crippen LogP contribution in [0.1, 0.15) is 29.8 Å². The first-order valence-electron chi connectivity index (χ1n) is 5.96. The highest BCUT2D eigenvalue weighted by molar-refractivity contribution is 6.31. The molecule has 0 saturated heterocycles. The molecule has 0 aliphatic rings. The van der Waals surface area contributed by atoms with E-state index in [1.807, 2.05) is 24.6 Å². The van der Waals surface area contributed by atoms with Crippen LogP contribution in [-0.4, -0.2) is 21.5 Å². The van der Waals surface area contributed by atoms with Gasteiger partial charge in [-0.15, -0.1) is 0 Å². The molecule has 0 aromatic carbocycles. The van der Waals surface area contributed by atoms with Crippen LogP contribution >= 0.6 is 11.6 Å². The zero-order valence-electron chi connectivity index (χ0n) is 10.8. The van der Waals surface area contributed by atoms with E-state index in [-0.39, 0.29) is 0 Å². The first-order chi connectivity index (χ1) is 8.61. The maximum absolute atomic E-state index is 6.10. The Bertz CT molecular complexity index is 532. The van der Waals surface area contributed by atoms with Gasteiger partial charge in [0.25, 0.3) is 0 Å². The van der Waals surface area contributed by atoms with Crippen LogP contribution in [0.15, 0.2) is 10.6 Å². The highest BCUT2D eigenvalue weighted by atomic mass is 35.5. The molecule has 2 rings (SSSR count). The molecule has 0 saturated carbocycles. The molecule has 2 heterocycles. The Kier molecular flexibility index (Phi) is 4.04. The Morgan fingerprint density at radius 3 is 2.83 bits per heavy atom. The third-order valence-electron chi connectivity index (χ3n) is 2.76. The molecule has 0 aliphatic carbocycles. The van der Waals surface area contributed by atoms with E-state index >= 15 is 0 Å². The second-order valence-electron chi connectivity index (χ2n) is 4.21. The molecule has 2 aromatic heterocycles. The summed E-state index contributed by atoms with van der Waals surface area (Å²) in [4.78, 5) is 0. The van der Waals surface area contributed by atoms with Gasteiger partial charge in [-0.3, -0.25) is 4.68 Å². The van der Waals surface area contributed by atoms with Crippen LogP contribution in [0.5, 0.6) is 0 Å². The van der Waals surface area contributed by atoms with Gasteiger partial charge in [-0.05, 0) is 20.4 Å². The van der Waals surface area contributed by atoms with Crippen LogP contribution in [-0.2, 0) is 13.1 Å². The molecule has 18 heavy (non-hydrogen) atoms. The first-order valence-corrected chi connectivity index (χ1v) is 6.34. The molecule has 0 bridgehead atoms. The number of aromatic nitrogens is 3. The standard InChI is InChI=1S/C12H17ClN4O/c1-4-14-6-10-5-11(18-16-10)7-17-9(3)12(13)8(2)15-17/h5,14H,4,6-7H2,1-3H3. The van der Waals surface area contributed by atoms with Crippen LogP contribution < -0.4 is 5.32 Å². The quantitative estimate of drug-likeness (QED) is 0.904. The second kappa shape index (κ2) is 5.54. The summed E-state index contributed by atoms with van der Waals surface area (Å²) < 4.78 is 7.10. The summed E-state index contributed by atoms with van der Waals surface area (Å²) in [5, 5.41) is 12.3. The first kappa shape index (κ1) is 13.1. The lowest BCUT2D eigenvalue weighted by molar-refractivity contribution is 0.363. The predicted molar refractivity (Wildman–Crippen MR) is 69.7 cm³/mol. The van der Waals surface area contributed by atoms with E-state index in [0.29, 0.717) is 11.6 Å². The molecule has 6 heteroatoms. The van der Waals surface area contributed by atoms with E-state index in [2.05, 4.69) is 22.5 Å². The number of nitrogens with zero attached hydrogens (tertiary/aromatic N) is 3. The largest absolute Gasteiger partial charge is 0.359 e. The molecule has 0 atom stereocenters.